The number of rotatable bonds is 0. The zero-order valence-corrected chi connectivity index (χ0v) is 10.2. The van der Waals surface area contributed by atoms with Crippen LogP contribution in [0.5, 0.6) is 5.75 Å². The molecule has 0 radical (unpaired) electrons. The van der Waals surface area contributed by atoms with E-state index >= 15 is 0 Å². The highest BCUT2D eigenvalue weighted by molar-refractivity contribution is 6.13. The van der Waals surface area contributed by atoms with Crippen LogP contribution in [0.3, 0.4) is 0 Å². The Balaban J connectivity index is 2.29. The quantitative estimate of drug-likeness (QED) is 0.371. The van der Waals surface area contributed by atoms with E-state index in [1.165, 1.54) is 10.8 Å². The summed E-state index contributed by atoms with van der Waals surface area (Å²) in [7, 11) is 0. The molecule has 1 N–H and O–H groups in total. The Labute approximate surface area is 109 Å². The van der Waals surface area contributed by atoms with Gasteiger partial charge in [0.2, 0.25) is 0 Å². The molecular formula is C17H11NO. The van der Waals surface area contributed by atoms with E-state index in [1.54, 1.807) is 12.3 Å². The lowest BCUT2D eigenvalue weighted by Crippen LogP contribution is -1.83. The second-order valence-corrected chi connectivity index (χ2v) is 4.71. The molecule has 0 aliphatic carbocycles. The number of hydrogen-bond donors (Lipinski definition) is 1. The van der Waals surface area contributed by atoms with E-state index in [-0.39, 0.29) is 5.75 Å². The summed E-state index contributed by atoms with van der Waals surface area (Å²) in [5.41, 5.74) is 0.822. The zero-order chi connectivity index (χ0) is 12.8. The van der Waals surface area contributed by atoms with E-state index in [0.717, 1.165) is 21.7 Å². The summed E-state index contributed by atoms with van der Waals surface area (Å²) in [6.07, 6.45) is 1.63. The number of fused-ring (bicyclic) bond motifs is 4. The van der Waals surface area contributed by atoms with Crippen LogP contribution in [0.4, 0.5) is 0 Å². The Bertz CT molecular complexity index is 928. The van der Waals surface area contributed by atoms with Crippen LogP contribution in [0.1, 0.15) is 0 Å². The summed E-state index contributed by atoms with van der Waals surface area (Å²) in [6, 6.07) is 18.2. The molecule has 0 aliphatic heterocycles. The van der Waals surface area contributed by atoms with E-state index in [4.69, 9.17) is 0 Å². The second kappa shape index (κ2) is 3.69. The number of aromatic hydroxyl groups is 1. The Kier molecular flexibility index (Phi) is 2.00. The van der Waals surface area contributed by atoms with Crippen LogP contribution in [0.25, 0.3) is 32.4 Å². The molecule has 0 amide bonds. The predicted octanol–water partition coefficient (Wildman–Crippen LogP) is 4.25. The molecule has 3 aromatic carbocycles. The van der Waals surface area contributed by atoms with Crippen molar-refractivity contribution in [3.63, 3.8) is 0 Å². The molecule has 4 aromatic rings. The summed E-state index contributed by atoms with van der Waals surface area (Å²) in [5.74, 6) is 0.283. The van der Waals surface area contributed by atoms with Gasteiger partial charge >= 0.3 is 0 Å². The van der Waals surface area contributed by atoms with Crippen LogP contribution < -0.4 is 0 Å². The van der Waals surface area contributed by atoms with Crippen molar-refractivity contribution in [2.45, 2.75) is 0 Å². The fourth-order valence-electron chi connectivity index (χ4n) is 2.65. The number of aromatic nitrogens is 1. The van der Waals surface area contributed by atoms with Gasteiger partial charge in [-0.05, 0) is 45.8 Å². The minimum Gasteiger partial charge on any atom is -0.507 e. The lowest BCUT2D eigenvalue weighted by molar-refractivity contribution is 0.481. The van der Waals surface area contributed by atoms with Crippen molar-refractivity contribution in [1.29, 1.82) is 0 Å². The van der Waals surface area contributed by atoms with Gasteiger partial charge in [0, 0.05) is 11.6 Å². The summed E-state index contributed by atoms with van der Waals surface area (Å²) < 4.78 is 0. The Morgan fingerprint density at radius 2 is 1.58 bits per heavy atom. The van der Waals surface area contributed by atoms with Crippen LogP contribution >= 0.6 is 0 Å². The van der Waals surface area contributed by atoms with E-state index in [0.29, 0.717) is 0 Å². The van der Waals surface area contributed by atoms with Gasteiger partial charge in [0.25, 0.3) is 0 Å². The summed E-state index contributed by atoms with van der Waals surface area (Å²) in [4.78, 5) is 4.31. The first-order valence-electron chi connectivity index (χ1n) is 6.22. The molecule has 0 saturated heterocycles. The Hall–Kier alpha value is -2.61. The van der Waals surface area contributed by atoms with E-state index in [9.17, 15) is 5.11 Å². The Morgan fingerprint density at radius 1 is 0.789 bits per heavy atom. The highest BCUT2D eigenvalue weighted by Crippen LogP contribution is 2.33. The summed E-state index contributed by atoms with van der Waals surface area (Å²) in [6.45, 7) is 0. The minimum atomic E-state index is 0.283. The van der Waals surface area contributed by atoms with Gasteiger partial charge in [-0.25, -0.2) is 0 Å². The van der Waals surface area contributed by atoms with Gasteiger partial charge in [0.15, 0.2) is 0 Å². The van der Waals surface area contributed by atoms with Gasteiger partial charge in [-0.15, -0.1) is 0 Å². The molecule has 4 rings (SSSR count). The fourth-order valence-corrected chi connectivity index (χ4v) is 2.65. The second-order valence-electron chi connectivity index (χ2n) is 4.71. The van der Waals surface area contributed by atoms with Crippen LogP contribution in [-0.2, 0) is 0 Å². The standard InChI is InChI=1S/C17H11NO/c19-16-7-8-18-15-6-5-13-9-11-3-1-2-4-12(11)10-14(13)17(15)16/h1-10H,(H,18,19). The smallest absolute Gasteiger partial charge is 0.127 e. The maximum absolute atomic E-state index is 10.1. The van der Waals surface area contributed by atoms with Gasteiger partial charge in [-0.1, -0.05) is 30.3 Å². The molecular weight excluding hydrogens is 234 g/mol. The molecule has 0 aliphatic rings. The lowest BCUT2D eigenvalue weighted by atomic mass is 10.00. The highest BCUT2D eigenvalue weighted by Gasteiger charge is 2.06. The van der Waals surface area contributed by atoms with Crippen molar-refractivity contribution in [2.24, 2.45) is 0 Å². The molecule has 0 saturated carbocycles. The first-order chi connectivity index (χ1) is 9.33. The molecule has 0 unspecified atom stereocenters. The van der Waals surface area contributed by atoms with Gasteiger partial charge in [-0.2, -0.15) is 0 Å². The van der Waals surface area contributed by atoms with Crippen molar-refractivity contribution in [1.82, 2.24) is 4.98 Å². The fraction of sp³-hybridized carbons (Fsp3) is 0. The van der Waals surface area contributed by atoms with E-state index in [2.05, 4.69) is 35.3 Å². The van der Waals surface area contributed by atoms with Crippen LogP contribution in [0.15, 0.2) is 60.8 Å². The zero-order valence-electron chi connectivity index (χ0n) is 10.2. The molecule has 19 heavy (non-hydrogen) atoms. The first-order valence-corrected chi connectivity index (χ1v) is 6.22. The third-order valence-electron chi connectivity index (χ3n) is 3.57. The predicted molar refractivity (Wildman–Crippen MR) is 78.4 cm³/mol. The number of benzene rings is 3. The largest absolute Gasteiger partial charge is 0.507 e. The average molecular weight is 245 g/mol. The maximum Gasteiger partial charge on any atom is 0.127 e. The molecule has 90 valence electrons. The molecule has 1 aromatic heterocycles. The first kappa shape index (κ1) is 10.3. The molecule has 1 heterocycles. The summed E-state index contributed by atoms with van der Waals surface area (Å²) in [5, 5.41) is 15.5. The molecule has 0 fully saturated rings. The van der Waals surface area contributed by atoms with Crippen molar-refractivity contribution >= 4 is 32.4 Å². The Morgan fingerprint density at radius 3 is 2.42 bits per heavy atom. The van der Waals surface area contributed by atoms with Gasteiger partial charge in [0.05, 0.1) is 5.52 Å². The van der Waals surface area contributed by atoms with Crippen molar-refractivity contribution in [3.05, 3.63) is 60.8 Å². The van der Waals surface area contributed by atoms with Crippen molar-refractivity contribution in [3.8, 4) is 5.75 Å². The van der Waals surface area contributed by atoms with Gasteiger partial charge in [0.1, 0.15) is 5.75 Å². The summed E-state index contributed by atoms with van der Waals surface area (Å²) >= 11 is 0. The molecule has 2 heteroatoms. The topological polar surface area (TPSA) is 33.1 Å². The van der Waals surface area contributed by atoms with E-state index in [1.807, 2.05) is 18.2 Å². The molecule has 2 nitrogen and oxygen atoms in total. The normalized spacial score (nSPS) is 11.4. The van der Waals surface area contributed by atoms with E-state index < -0.39 is 0 Å². The van der Waals surface area contributed by atoms with Crippen molar-refractivity contribution in [2.75, 3.05) is 0 Å². The minimum absolute atomic E-state index is 0.283. The number of nitrogens with zero attached hydrogens (tertiary/aromatic N) is 1. The monoisotopic (exact) mass is 245 g/mol. The van der Waals surface area contributed by atoms with Crippen molar-refractivity contribution < 1.29 is 5.11 Å². The highest BCUT2D eigenvalue weighted by atomic mass is 16.3. The lowest BCUT2D eigenvalue weighted by Gasteiger charge is -2.07. The molecule has 0 atom stereocenters. The third kappa shape index (κ3) is 1.47. The number of pyridine rings is 1. The third-order valence-corrected chi connectivity index (χ3v) is 3.57. The van der Waals surface area contributed by atoms with Gasteiger partial charge in [-0.3, -0.25) is 4.98 Å². The maximum atomic E-state index is 10.1. The van der Waals surface area contributed by atoms with Crippen LogP contribution in [-0.4, -0.2) is 10.1 Å². The molecule has 0 bridgehead atoms. The number of hydrogen-bond acceptors (Lipinski definition) is 2. The average Bonchev–Trinajstić information content (AvgIpc) is 2.45. The SMILES string of the molecule is Oc1ccnc2ccc3cc4ccccc4cc3c12. The van der Waals surface area contributed by atoms with Crippen LogP contribution in [0, 0.1) is 0 Å². The van der Waals surface area contributed by atoms with Gasteiger partial charge < -0.3 is 5.11 Å². The molecule has 0 spiro atoms. The van der Waals surface area contributed by atoms with Crippen LogP contribution in [0.2, 0.25) is 0 Å².